The number of pyridine rings is 1. The van der Waals surface area contributed by atoms with Crippen molar-refractivity contribution in [3.63, 3.8) is 0 Å². The van der Waals surface area contributed by atoms with Crippen molar-refractivity contribution in [2.24, 2.45) is 5.92 Å². The molecule has 1 unspecified atom stereocenters. The van der Waals surface area contributed by atoms with Crippen molar-refractivity contribution >= 4 is 17.6 Å². The van der Waals surface area contributed by atoms with Gasteiger partial charge in [-0.05, 0) is 35.4 Å². The molecule has 1 aliphatic heterocycles. The summed E-state index contributed by atoms with van der Waals surface area (Å²) in [6.07, 6.45) is 3.63. The Kier molecular flexibility index (Phi) is 4.34. The van der Waals surface area contributed by atoms with Gasteiger partial charge in [0.2, 0.25) is 0 Å². The van der Waals surface area contributed by atoms with Crippen LogP contribution >= 0.6 is 0 Å². The van der Waals surface area contributed by atoms with Crippen LogP contribution in [-0.4, -0.2) is 39.7 Å². The minimum absolute atomic E-state index is 0.0242. The highest BCUT2D eigenvalue weighted by Gasteiger charge is 2.52. The number of anilines is 1. The van der Waals surface area contributed by atoms with E-state index in [2.05, 4.69) is 15.4 Å². The number of nitrogens with one attached hydrogen (secondary N) is 1. The first-order valence-corrected chi connectivity index (χ1v) is 9.83. The van der Waals surface area contributed by atoms with E-state index in [9.17, 15) is 14.0 Å². The third-order valence-electron chi connectivity index (χ3n) is 5.80. The molecule has 1 aliphatic carbocycles. The van der Waals surface area contributed by atoms with E-state index in [1.54, 1.807) is 13.2 Å². The van der Waals surface area contributed by atoms with Gasteiger partial charge in [0, 0.05) is 13.2 Å². The van der Waals surface area contributed by atoms with Crippen LogP contribution in [-0.2, 0) is 11.3 Å². The Morgan fingerprint density at radius 3 is 2.83 bits per heavy atom. The zero-order chi connectivity index (χ0) is 20.8. The van der Waals surface area contributed by atoms with Crippen LogP contribution in [0.15, 0.2) is 54.9 Å². The van der Waals surface area contributed by atoms with Gasteiger partial charge in [0.25, 0.3) is 11.8 Å². The lowest BCUT2D eigenvalue weighted by molar-refractivity contribution is -0.120. The molecule has 1 fully saturated rings. The number of hydrogen-bond acceptors (Lipinski definition) is 4. The smallest absolute Gasteiger partial charge is 0.275 e. The van der Waals surface area contributed by atoms with Gasteiger partial charge in [-0.2, -0.15) is 5.10 Å². The van der Waals surface area contributed by atoms with Crippen LogP contribution in [0.1, 0.15) is 34.0 Å². The molecule has 0 saturated heterocycles. The van der Waals surface area contributed by atoms with E-state index in [1.165, 1.54) is 15.8 Å². The summed E-state index contributed by atoms with van der Waals surface area (Å²) in [5.41, 5.74) is 1.64. The minimum Gasteiger partial charge on any atom is -0.338 e. The fraction of sp³-hybridized carbons (Fsp3) is 0.273. The van der Waals surface area contributed by atoms with Gasteiger partial charge in [0.05, 0.1) is 12.7 Å². The first-order chi connectivity index (χ1) is 14.5. The van der Waals surface area contributed by atoms with Gasteiger partial charge in [-0.1, -0.05) is 36.4 Å². The molecule has 152 valence electrons. The van der Waals surface area contributed by atoms with Gasteiger partial charge >= 0.3 is 0 Å². The quantitative estimate of drug-likeness (QED) is 0.723. The van der Waals surface area contributed by atoms with Gasteiger partial charge in [0.15, 0.2) is 11.5 Å². The molecule has 1 aromatic carbocycles. The topological polar surface area (TPSA) is 80.1 Å². The lowest BCUT2D eigenvalue weighted by Gasteiger charge is -2.22. The molecule has 30 heavy (non-hydrogen) atoms. The van der Waals surface area contributed by atoms with Crippen molar-refractivity contribution in [1.82, 2.24) is 20.1 Å². The standard InChI is InChI=1S/C22H20FN5O2/c1-27-20-14(8-5-9-24-20)15-10-16(15)18(22(27)30)25-21(29)19-17(23)12-28(26-19)11-13-6-3-2-4-7-13/h2-9,12,15-16,18H,10-11H2,1H3,(H,25,29)/t15-,16?,18-/m1/s1. The average molecular weight is 405 g/mol. The number of carbonyl (C=O) groups is 2. The third-order valence-corrected chi connectivity index (χ3v) is 5.80. The third kappa shape index (κ3) is 3.14. The molecule has 0 spiro atoms. The van der Waals surface area contributed by atoms with Gasteiger partial charge < -0.3 is 5.32 Å². The maximum absolute atomic E-state index is 14.4. The zero-order valence-corrected chi connectivity index (χ0v) is 16.3. The lowest BCUT2D eigenvalue weighted by Crippen LogP contribution is -2.48. The molecule has 1 N–H and O–H groups in total. The van der Waals surface area contributed by atoms with Gasteiger partial charge in [-0.15, -0.1) is 0 Å². The Morgan fingerprint density at radius 2 is 2.03 bits per heavy atom. The van der Waals surface area contributed by atoms with Gasteiger partial charge in [-0.3, -0.25) is 19.2 Å². The number of rotatable bonds is 4. The summed E-state index contributed by atoms with van der Waals surface area (Å²) in [6.45, 7) is 0.349. The molecule has 5 rings (SSSR count). The number of hydrogen-bond donors (Lipinski definition) is 1. The molecule has 3 atom stereocenters. The fourth-order valence-corrected chi connectivity index (χ4v) is 4.20. The number of aromatic nitrogens is 3. The van der Waals surface area contributed by atoms with E-state index < -0.39 is 17.8 Å². The van der Waals surface area contributed by atoms with Crippen molar-refractivity contribution in [2.75, 3.05) is 11.9 Å². The van der Waals surface area contributed by atoms with Gasteiger partial charge in [0.1, 0.15) is 11.9 Å². The SMILES string of the molecule is CN1C(=O)[C@H](NC(=O)c2nn(Cc3ccccc3)cc2F)C2C[C@@H]2c2cccnc21. The summed E-state index contributed by atoms with van der Waals surface area (Å²) in [4.78, 5) is 31.6. The Labute approximate surface area is 172 Å². The maximum Gasteiger partial charge on any atom is 0.275 e. The molecule has 1 saturated carbocycles. The minimum atomic E-state index is -0.736. The average Bonchev–Trinajstić information content (AvgIpc) is 3.47. The lowest BCUT2D eigenvalue weighted by atomic mass is 10.1. The molecule has 0 bridgehead atoms. The fourth-order valence-electron chi connectivity index (χ4n) is 4.20. The second-order valence-corrected chi connectivity index (χ2v) is 7.78. The van der Waals surface area contributed by atoms with E-state index in [-0.39, 0.29) is 23.4 Å². The van der Waals surface area contributed by atoms with E-state index in [1.807, 2.05) is 42.5 Å². The number of carbonyl (C=O) groups excluding carboxylic acids is 2. The molecule has 7 nitrogen and oxygen atoms in total. The summed E-state index contributed by atoms with van der Waals surface area (Å²) in [7, 11) is 1.65. The van der Waals surface area contributed by atoms with Crippen LogP contribution in [0.3, 0.4) is 0 Å². The molecule has 3 aromatic rings. The first-order valence-electron chi connectivity index (χ1n) is 9.83. The number of amides is 2. The number of fused-ring (bicyclic) bond motifs is 3. The van der Waals surface area contributed by atoms with Crippen molar-refractivity contribution in [3.8, 4) is 0 Å². The molecular formula is C22H20FN5O2. The highest BCUT2D eigenvalue weighted by atomic mass is 19.1. The predicted molar refractivity (Wildman–Crippen MR) is 107 cm³/mol. The van der Waals surface area contributed by atoms with Crippen molar-refractivity contribution < 1.29 is 14.0 Å². The monoisotopic (exact) mass is 405 g/mol. The van der Waals surface area contributed by atoms with Crippen LogP contribution < -0.4 is 10.2 Å². The van der Waals surface area contributed by atoms with Crippen molar-refractivity contribution in [3.05, 3.63) is 77.5 Å². The molecule has 3 heterocycles. The summed E-state index contributed by atoms with van der Waals surface area (Å²) in [5, 5.41) is 6.83. The van der Waals surface area contributed by atoms with Crippen LogP contribution in [0.25, 0.3) is 0 Å². The van der Waals surface area contributed by atoms with E-state index in [4.69, 9.17) is 0 Å². The number of likely N-dealkylation sites (N-methyl/N-ethyl adjacent to an activating group) is 1. The molecule has 8 heteroatoms. The second kappa shape index (κ2) is 7.05. The number of nitrogens with zero attached hydrogens (tertiary/aromatic N) is 4. The molecule has 2 amide bonds. The molecule has 2 aliphatic rings. The van der Waals surface area contributed by atoms with Gasteiger partial charge in [-0.25, -0.2) is 9.37 Å². The Morgan fingerprint density at radius 1 is 1.23 bits per heavy atom. The van der Waals surface area contributed by atoms with E-state index in [0.29, 0.717) is 12.4 Å². The summed E-state index contributed by atoms with van der Waals surface area (Å²) < 4.78 is 15.8. The number of halogens is 1. The van der Waals surface area contributed by atoms with E-state index in [0.717, 1.165) is 17.5 Å². The molecule has 0 radical (unpaired) electrons. The summed E-state index contributed by atoms with van der Waals surface area (Å²) in [5.74, 6) is -0.898. The van der Waals surface area contributed by atoms with E-state index >= 15 is 0 Å². The summed E-state index contributed by atoms with van der Waals surface area (Å²) >= 11 is 0. The van der Waals surface area contributed by atoms with Crippen LogP contribution in [0.2, 0.25) is 0 Å². The van der Waals surface area contributed by atoms with Crippen LogP contribution in [0.5, 0.6) is 0 Å². The summed E-state index contributed by atoms with van der Waals surface area (Å²) in [6, 6.07) is 12.5. The Hall–Kier alpha value is -3.55. The Balaban J connectivity index is 1.36. The predicted octanol–water partition coefficient (Wildman–Crippen LogP) is 2.34. The van der Waals surface area contributed by atoms with Crippen molar-refractivity contribution in [2.45, 2.75) is 24.9 Å². The highest BCUT2D eigenvalue weighted by molar-refractivity contribution is 6.02. The van der Waals surface area contributed by atoms with Crippen LogP contribution in [0, 0.1) is 11.7 Å². The molecular weight excluding hydrogens is 385 g/mol. The normalized spacial score (nSPS) is 22.1. The zero-order valence-electron chi connectivity index (χ0n) is 16.3. The highest BCUT2D eigenvalue weighted by Crippen LogP contribution is 2.53. The largest absolute Gasteiger partial charge is 0.338 e. The number of benzene rings is 1. The van der Waals surface area contributed by atoms with Crippen molar-refractivity contribution in [1.29, 1.82) is 0 Å². The molecule has 2 aromatic heterocycles. The van der Waals surface area contributed by atoms with Crippen LogP contribution in [0.4, 0.5) is 10.2 Å². The Bertz CT molecular complexity index is 1130. The maximum atomic E-state index is 14.4. The first kappa shape index (κ1) is 18.5. The second-order valence-electron chi connectivity index (χ2n) is 7.78.